The number of pyridine rings is 1. The molecule has 2 heterocycles. The molecule has 1 aromatic heterocycles. The number of nitrogens with zero attached hydrogens (tertiary/aromatic N) is 3. The number of nitro groups is 1. The molecule has 0 aliphatic carbocycles. The quantitative estimate of drug-likeness (QED) is 0.664. The number of hydrogen-bond donors (Lipinski definition) is 1. The predicted octanol–water partition coefficient (Wildman–Crippen LogP) is 1.93. The molecule has 2 aromatic rings. The Labute approximate surface area is 141 Å². The van der Waals surface area contributed by atoms with Gasteiger partial charge >= 0.3 is 11.8 Å². The number of carboxylic acid groups (broad SMARTS) is 1. The van der Waals surface area contributed by atoms with Gasteiger partial charge in [-0.1, -0.05) is 30.3 Å². The second-order valence-corrected chi connectivity index (χ2v) is 5.38. The number of carboxylic acids is 1. The summed E-state index contributed by atoms with van der Waals surface area (Å²) in [5, 5.41) is 20.3. The summed E-state index contributed by atoms with van der Waals surface area (Å²) in [4.78, 5) is 39.2. The Hall–Kier alpha value is -3.49. The smallest absolute Gasteiger partial charge is 0.366 e. The summed E-state index contributed by atoms with van der Waals surface area (Å²) >= 11 is 0. The highest BCUT2D eigenvalue weighted by molar-refractivity contribution is 6.03. The van der Waals surface area contributed by atoms with Crippen molar-refractivity contribution in [2.75, 3.05) is 4.90 Å². The zero-order chi connectivity index (χ0) is 18.1. The maximum Gasteiger partial charge on any atom is 0.366 e. The first-order valence-corrected chi connectivity index (χ1v) is 7.33. The van der Waals surface area contributed by atoms with Crippen LogP contribution in [0.5, 0.6) is 5.75 Å². The number of fused-ring (bicyclic) bond motifs is 1. The third-order valence-electron chi connectivity index (χ3n) is 3.79. The highest BCUT2D eigenvalue weighted by Gasteiger charge is 2.44. The summed E-state index contributed by atoms with van der Waals surface area (Å²) in [5.74, 6) is -2.49. The lowest BCUT2D eigenvalue weighted by atomic mass is 10.1. The molecule has 0 radical (unpaired) electrons. The van der Waals surface area contributed by atoms with Gasteiger partial charge in [0.1, 0.15) is 6.04 Å². The molecule has 1 N–H and O–H groups in total. The Bertz CT molecular complexity index is 854. The number of hydrogen-bond acceptors (Lipinski definition) is 6. The van der Waals surface area contributed by atoms with Crippen LogP contribution in [0.3, 0.4) is 0 Å². The largest absolute Gasteiger partial charge is 0.480 e. The molecular weight excluding hydrogens is 330 g/mol. The lowest BCUT2D eigenvalue weighted by Crippen LogP contribution is -2.49. The molecule has 2 atom stereocenters. The molecule has 9 heteroatoms. The van der Waals surface area contributed by atoms with Crippen molar-refractivity contribution in [2.24, 2.45) is 0 Å². The standard InChI is InChI=1S/C16H13N3O6/c1-9(16(21)22)18-14-11(7-8-12(17-14)19(23)24)25-13(15(18)20)10-5-3-2-4-6-10/h2-9,13H,1H3,(H,21,22). The van der Waals surface area contributed by atoms with Gasteiger partial charge in [0.2, 0.25) is 6.10 Å². The molecule has 0 saturated carbocycles. The number of amides is 1. The lowest BCUT2D eigenvalue weighted by Gasteiger charge is -2.33. The molecular formula is C16H13N3O6. The zero-order valence-electron chi connectivity index (χ0n) is 13.0. The van der Waals surface area contributed by atoms with Crippen LogP contribution in [0.1, 0.15) is 18.6 Å². The molecule has 9 nitrogen and oxygen atoms in total. The molecule has 2 unspecified atom stereocenters. The molecule has 0 bridgehead atoms. The van der Waals surface area contributed by atoms with Crippen LogP contribution in [0.2, 0.25) is 0 Å². The second kappa shape index (κ2) is 6.19. The minimum atomic E-state index is -1.27. The van der Waals surface area contributed by atoms with E-state index in [0.717, 1.165) is 11.0 Å². The van der Waals surface area contributed by atoms with Gasteiger partial charge in [0.15, 0.2) is 5.75 Å². The Balaban J connectivity index is 2.13. The van der Waals surface area contributed by atoms with E-state index in [4.69, 9.17) is 4.74 Å². The van der Waals surface area contributed by atoms with Crippen LogP contribution in [0.4, 0.5) is 11.6 Å². The Morgan fingerprint density at radius 1 is 1.32 bits per heavy atom. The van der Waals surface area contributed by atoms with E-state index in [1.807, 2.05) is 0 Å². The molecule has 0 fully saturated rings. The van der Waals surface area contributed by atoms with Crippen LogP contribution in [0, 0.1) is 10.1 Å². The van der Waals surface area contributed by atoms with Crippen LogP contribution in [0.25, 0.3) is 0 Å². The highest BCUT2D eigenvalue weighted by Crippen LogP contribution is 2.39. The van der Waals surface area contributed by atoms with E-state index >= 15 is 0 Å². The molecule has 0 spiro atoms. The van der Waals surface area contributed by atoms with E-state index in [2.05, 4.69) is 4.98 Å². The van der Waals surface area contributed by atoms with Gasteiger partial charge in [-0.15, -0.1) is 0 Å². The van der Waals surface area contributed by atoms with E-state index in [9.17, 15) is 24.8 Å². The fourth-order valence-corrected chi connectivity index (χ4v) is 2.52. The van der Waals surface area contributed by atoms with Crippen LogP contribution in [-0.4, -0.2) is 32.9 Å². The average molecular weight is 343 g/mol. The van der Waals surface area contributed by atoms with Gasteiger partial charge in [0.25, 0.3) is 11.7 Å². The minimum Gasteiger partial charge on any atom is -0.480 e. The van der Waals surface area contributed by atoms with E-state index in [0.29, 0.717) is 5.56 Å². The maximum atomic E-state index is 12.8. The van der Waals surface area contributed by atoms with Crippen molar-refractivity contribution in [3.05, 3.63) is 58.1 Å². The van der Waals surface area contributed by atoms with Gasteiger partial charge in [0.05, 0.1) is 0 Å². The van der Waals surface area contributed by atoms with E-state index in [1.165, 1.54) is 13.0 Å². The Morgan fingerprint density at radius 3 is 2.60 bits per heavy atom. The van der Waals surface area contributed by atoms with Gasteiger partial charge in [-0.05, 0) is 22.9 Å². The number of rotatable bonds is 4. The predicted molar refractivity (Wildman–Crippen MR) is 85.3 cm³/mol. The number of carbonyl (C=O) groups excluding carboxylic acids is 1. The van der Waals surface area contributed by atoms with Crippen molar-refractivity contribution in [3.8, 4) is 5.75 Å². The fourth-order valence-electron chi connectivity index (χ4n) is 2.52. The zero-order valence-corrected chi connectivity index (χ0v) is 13.0. The van der Waals surface area contributed by atoms with Gasteiger partial charge in [-0.25, -0.2) is 4.79 Å². The number of anilines is 1. The Morgan fingerprint density at radius 2 is 2.00 bits per heavy atom. The number of ether oxygens (including phenoxy) is 1. The third-order valence-corrected chi connectivity index (χ3v) is 3.79. The number of aromatic nitrogens is 1. The number of aliphatic carboxylic acids is 1. The first-order valence-electron chi connectivity index (χ1n) is 7.33. The van der Waals surface area contributed by atoms with Crippen LogP contribution in [0.15, 0.2) is 42.5 Å². The lowest BCUT2D eigenvalue weighted by molar-refractivity contribution is -0.389. The number of carbonyl (C=O) groups is 2. The topological polar surface area (TPSA) is 123 Å². The second-order valence-electron chi connectivity index (χ2n) is 5.38. The van der Waals surface area contributed by atoms with Crippen molar-refractivity contribution in [3.63, 3.8) is 0 Å². The van der Waals surface area contributed by atoms with Gasteiger partial charge < -0.3 is 20.0 Å². The molecule has 3 rings (SSSR count). The molecule has 1 aliphatic heterocycles. The summed E-state index contributed by atoms with van der Waals surface area (Å²) in [6, 6.07) is 9.75. The molecule has 1 aliphatic rings. The van der Waals surface area contributed by atoms with Crippen molar-refractivity contribution in [2.45, 2.75) is 19.1 Å². The van der Waals surface area contributed by atoms with Gasteiger partial charge in [-0.2, -0.15) is 0 Å². The van der Waals surface area contributed by atoms with Crippen LogP contribution < -0.4 is 9.64 Å². The van der Waals surface area contributed by atoms with E-state index in [1.54, 1.807) is 30.3 Å². The molecule has 1 amide bonds. The van der Waals surface area contributed by atoms with Crippen molar-refractivity contribution in [1.29, 1.82) is 0 Å². The number of benzene rings is 1. The van der Waals surface area contributed by atoms with Gasteiger partial charge in [0, 0.05) is 11.6 Å². The normalized spacial score (nSPS) is 17.4. The average Bonchev–Trinajstić information content (AvgIpc) is 2.60. The molecule has 128 valence electrons. The van der Waals surface area contributed by atoms with Crippen LogP contribution >= 0.6 is 0 Å². The first kappa shape index (κ1) is 16.4. The highest BCUT2D eigenvalue weighted by atomic mass is 16.6. The third kappa shape index (κ3) is 2.87. The summed E-state index contributed by atoms with van der Waals surface area (Å²) < 4.78 is 5.66. The van der Waals surface area contributed by atoms with Crippen LogP contribution in [-0.2, 0) is 9.59 Å². The monoisotopic (exact) mass is 343 g/mol. The fraction of sp³-hybridized carbons (Fsp3) is 0.188. The first-order chi connectivity index (χ1) is 11.9. The summed E-state index contributed by atoms with van der Waals surface area (Å²) in [6.07, 6.45) is -1.06. The molecule has 0 saturated heterocycles. The SMILES string of the molecule is CC(C(=O)O)N1C(=O)C(c2ccccc2)Oc2ccc([N+](=O)[O-])nc21. The summed E-state index contributed by atoms with van der Waals surface area (Å²) in [5.41, 5.74) is 0.541. The van der Waals surface area contributed by atoms with E-state index in [-0.39, 0.29) is 11.6 Å². The molecule has 1 aromatic carbocycles. The van der Waals surface area contributed by atoms with Crippen molar-refractivity contribution < 1.29 is 24.4 Å². The maximum absolute atomic E-state index is 12.8. The summed E-state index contributed by atoms with van der Waals surface area (Å²) in [6.45, 7) is 1.30. The van der Waals surface area contributed by atoms with Gasteiger partial charge in [-0.3, -0.25) is 9.69 Å². The van der Waals surface area contributed by atoms with Crippen molar-refractivity contribution in [1.82, 2.24) is 4.98 Å². The van der Waals surface area contributed by atoms with E-state index < -0.39 is 34.8 Å². The summed E-state index contributed by atoms with van der Waals surface area (Å²) in [7, 11) is 0. The molecule has 25 heavy (non-hydrogen) atoms. The minimum absolute atomic E-state index is 0.104. The Kier molecular flexibility index (Phi) is 4.05. The van der Waals surface area contributed by atoms with Crippen molar-refractivity contribution >= 4 is 23.5 Å².